The molecule has 1 amide bonds. The van der Waals surface area contributed by atoms with E-state index >= 15 is 0 Å². The van der Waals surface area contributed by atoms with Gasteiger partial charge < -0.3 is 19.7 Å². The molecule has 2 N–H and O–H groups in total. The topological polar surface area (TPSA) is 76.4 Å². The molecule has 1 aromatic heterocycles. The number of nitrogens with one attached hydrogen (secondary N) is 1. The number of aryl methyl sites for hydroxylation is 1. The van der Waals surface area contributed by atoms with E-state index in [-0.39, 0.29) is 5.75 Å². The SMILES string of the molecule is CCCCn1cc(-c2ccc(Cl)cc2Cl)nc1[C@H](Cc1ccc(O)cc1)NC(=O)OC(C)(C)C. The van der Waals surface area contributed by atoms with Crippen molar-refractivity contribution < 1.29 is 14.6 Å². The monoisotopic (exact) mass is 503 g/mol. The molecule has 0 fully saturated rings. The minimum absolute atomic E-state index is 0.185. The van der Waals surface area contributed by atoms with Crippen LogP contribution >= 0.6 is 23.2 Å². The summed E-state index contributed by atoms with van der Waals surface area (Å²) in [4.78, 5) is 17.6. The van der Waals surface area contributed by atoms with Gasteiger partial charge in [-0.2, -0.15) is 0 Å². The third kappa shape index (κ3) is 7.15. The molecule has 0 aliphatic carbocycles. The lowest BCUT2D eigenvalue weighted by Gasteiger charge is -2.24. The van der Waals surface area contributed by atoms with Crippen LogP contribution in [0.1, 0.15) is 58.0 Å². The van der Waals surface area contributed by atoms with Crippen molar-refractivity contribution in [2.45, 2.75) is 65.1 Å². The van der Waals surface area contributed by atoms with Crippen LogP contribution in [0.5, 0.6) is 5.75 Å². The zero-order valence-electron chi connectivity index (χ0n) is 19.9. The summed E-state index contributed by atoms with van der Waals surface area (Å²) < 4.78 is 7.59. The highest BCUT2D eigenvalue weighted by atomic mass is 35.5. The van der Waals surface area contributed by atoms with Gasteiger partial charge in [-0.05, 0) is 63.1 Å². The second-order valence-electron chi connectivity index (χ2n) is 9.22. The van der Waals surface area contributed by atoms with Crippen LogP contribution in [0.3, 0.4) is 0 Å². The maximum Gasteiger partial charge on any atom is 0.408 e. The molecule has 0 aliphatic heterocycles. The number of halogens is 2. The summed E-state index contributed by atoms with van der Waals surface area (Å²) in [5.74, 6) is 0.887. The summed E-state index contributed by atoms with van der Waals surface area (Å²) >= 11 is 12.5. The van der Waals surface area contributed by atoms with E-state index in [4.69, 9.17) is 32.9 Å². The quantitative estimate of drug-likeness (QED) is 0.341. The Morgan fingerprint density at radius 1 is 1.18 bits per heavy atom. The second-order valence-corrected chi connectivity index (χ2v) is 10.1. The maximum absolute atomic E-state index is 12.7. The van der Waals surface area contributed by atoms with Crippen molar-refractivity contribution in [3.05, 3.63) is 70.1 Å². The molecule has 0 aliphatic rings. The molecule has 0 saturated carbocycles. The van der Waals surface area contributed by atoms with Gasteiger partial charge in [0.1, 0.15) is 17.2 Å². The van der Waals surface area contributed by atoms with Gasteiger partial charge in [0.15, 0.2) is 0 Å². The van der Waals surface area contributed by atoms with Crippen molar-refractivity contribution in [1.82, 2.24) is 14.9 Å². The Hall–Kier alpha value is -2.70. The number of aromatic nitrogens is 2. The minimum atomic E-state index is -0.632. The molecular weight excluding hydrogens is 473 g/mol. The van der Waals surface area contributed by atoms with Gasteiger partial charge in [0.25, 0.3) is 0 Å². The number of carbonyl (C=O) groups is 1. The van der Waals surface area contributed by atoms with Crippen molar-refractivity contribution in [2.24, 2.45) is 0 Å². The van der Waals surface area contributed by atoms with Crippen molar-refractivity contribution in [3.8, 4) is 17.0 Å². The highest BCUT2D eigenvalue weighted by Crippen LogP contribution is 2.32. The summed E-state index contributed by atoms with van der Waals surface area (Å²) in [5.41, 5.74) is 1.78. The molecule has 8 heteroatoms. The minimum Gasteiger partial charge on any atom is -0.508 e. The number of unbranched alkanes of at least 4 members (excludes halogenated alkanes) is 1. The number of rotatable bonds is 8. The first-order valence-electron chi connectivity index (χ1n) is 11.4. The molecule has 0 unspecified atom stereocenters. The fourth-order valence-electron chi connectivity index (χ4n) is 3.57. The number of benzene rings is 2. The molecule has 1 heterocycles. The molecule has 182 valence electrons. The Labute approximate surface area is 210 Å². The zero-order valence-corrected chi connectivity index (χ0v) is 21.5. The number of imidazole rings is 1. The second kappa shape index (κ2) is 11.2. The van der Waals surface area contributed by atoms with Crippen LogP contribution in [0.4, 0.5) is 4.79 Å². The molecule has 0 spiro atoms. The smallest absolute Gasteiger partial charge is 0.408 e. The number of hydrogen-bond donors (Lipinski definition) is 2. The largest absolute Gasteiger partial charge is 0.508 e. The Bertz CT molecular complexity index is 1120. The number of ether oxygens (including phenoxy) is 1. The standard InChI is InChI=1S/C26H31Cl2N3O3/c1-5-6-13-31-16-23(20-12-9-18(27)15-21(20)28)29-24(31)22(30-25(33)34-26(2,3)4)14-17-7-10-19(32)11-8-17/h7-12,15-16,22,32H,5-6,13-14H2,1-4H3,(H,30,33)/t22-/m0/s1. The number of phenols is 1. The number of alkyl carbamates (subject to hydrolysis) is 1. The zero-order chi connectivity index (χ0) is 24.9. The third-order valence-corrected chi connectivity index (χ3v) is 5.69. The van der Waals surface area contributed by atoms with E-state index < -0.39 is 17.7 Å². The van der Waals surface area contributed by atoms with Gasteiger partial charge in [0.2, 0.25) is 0 Å². The molecule has 1 atom stereocenters. The van der Waals surface area contributed by atoms with Crippen LogP contribution in [0.15, 0.2) is 48.7 Å². The number of phenolic OH excluding ortho intramolecular Hbond substituents is 1. The molecule has 6 nitrogen and oxygen atoms in total. The summed E-state index contributed by atoms with van der Waals surface area (Å²) in [7, 11) is 0. The third-order valence-electron chi connectivity index (χ3n) is 5.15. The van der Waals surface area contributed by atoms with E-state index in [1.807, 2.05) is 45.2 Å². The number of aromatic hydroxyl groups is 1. The number of hydrogen-bond acceptors (Lipinski definition) is 4. The van der Waals surface area contributed by atoms with Gasteiger partial charge in [0, 0.05) is 29.7 Å². The number of amides is 1. The molecule has 0 radical (unpaired) electrons. The lowest BCUT2D eigenvalue weighted by molar-refractivity contribution is 0.0500. The van der Waals surface area contributed by atoms with Crippen LogP contribution in [-0.4, -0.2) is 26.4 Å². The predicted octanol–water partition coefficient (Wildman–Crippen LogP) is 7.17. The molecule has 34 heavy (non-hydrogen) atoms. The highest BCUT2D eigenvalue weighted by Gasteiger charge is 2.25. The average molecular weight is 504 g/mol. The van der Waals surface area contributed by atoms with E-state index in [9.17, 15) is 9.90 Å². The lowest BCUT2D eigenvalue weighted by Crippen LogP contribution is -2.36. The Morgan fingerprint density at radius 3 is 2.50 bits per heavy atom. The van der Waals surface area contributed by atoms with Crippen LogP contribution in [0.25, 0.3) is 11.3 Å². The Balaban J connectivity index is 2.02. The van der Waals surface area contributed by atoms with E-state index in [1.54, 1.807) is 24.3 Å². The summed E-state index contributed by atoms with van der Waals surface area (Å²) in [6.07, 6.45) is 3.87. The van der Waals surface area contributed by atoms with Gasteiger partial charge in [-0.3, -0.25) is 0 Å². The van der Waals surface area contributed by atoms with Crippen LogP contribution in [0.2, 0.25) is 10.0 Å². The number of nitrogens with zero attached hydrogens (tertiary/aromatic N) is 2. The maximum atomic E-state index is 12.7. The summed E-state index contributed by atoms with van der Waals surface area (Å²) in [5, 5.41) is 13.7. The van der Waals surface area contributed by atoms with Gasteiger partial charge in [0.05, 0.1) is 16.8 Å². The highest BCUT2D eigenvalue weighted by molar-refractivity contribution is 6.36. The first-order valence-corrected chi connectivity index (χ1v) is 12.1. The normalized spacial score (nSPS) is 12.4. The molecule has 0 bridgehead atoms. The van der Waals surface area contributed by atoms with E-state index in [2.05, 4.69) is 16.8 Å². The van der Waals surface area contributed by atoms with Gasteiger partial charge >= 0.3 is 6.09 Å². The predicted molar refractivity (Wildman–Crippen MR) is 137 cm³/mol. The number of carbonyl (C=O) groups excluding carboxylic acids is 1. The van der Waals surface area contributed by atoms with Gasteiger partial charge in [-0.25, -0.2) is 9.78 Å². The van der Waals surface area contributed by atoms with Gasteiger partial charge in [-0.1, -0.05) is 48.7 Å². The molecular formula is C26H31Cl2N3O3. The first kappa shape index (κ1) is 25.9. The lowest BCUT2D eigenvalue weighted by atomic mass is 10.0. The molecule has 2 aromatic carbocycles. The molecule has 3 rings (SSSR count). The Kier molecular flexibility index (Phi) is 8.50. The van der Waals surface area contributed by atoms with E-state index in [1.165, 1.54) is 0 Å². The van der Waals surface area contributed by atoms with Gasteiger partial charge in [-0.15, -0.1) is 0 Å². The Morgan fingerprint density at radius 2 is 1.88 bits per heavy atom. The van der Waals surface area contributed by atoms with E-state index in [0.717, 1.165) is 30.5 Å². The van der Waals surface area contributed by atoms with Crippen molar-refractivity contribution in [1.29, 1.82) is 0 Å². The van der Waals surface area contributed by atoms with Crippen LogP contribution in [0, 0.1) is 0 Å². The van der Waals surface area contributed by atoms with Crippen LogP contribution in [-0.2, 0) is 17.7 Å². The molecule has 3 aromatic rings. The van der Waals surface area contributed by atoms with E-state index in [0.29, 0.717) is 28.0 Å². The fourth-order valence-corrected chi connectivity index (χ4v) is 4.07. The van der Waals surface area contributed by atoms with Crippen molar-refractivity contribution >= 4 is 29.3 Å². The average Bonchev–Trinajstić information content (AvgIpc) is 3.15. The van der Waals surface area contributed by atoms with Crippen molar-refractivity contribution in [2.75, 3.05) is 0 Å². The fraction of sp³-hybridized carbons (Fsp3) is 0.385. The van der Waals surface area contributed by atoms with Crippen LogP contribution < -0.4 is 5.32 Å². The first-order chi connectivity index (χ1) is 16.1. The summed E-state index contributed by atoms with van der Waals surface area (Å²) in [6.45, 7) is 8.34. The van der Waals surface area contributed by atoms with Crippen molar-refractivity contribution in [3.63, 3.8) is 0 Å². The summed E-state index contributed by atoms with van der Waals surface area (Å²) in [6, 6.07) is 11.8. The molecule has 0 saturated heterocycles.